The largest absolute Gasteiger partial charge is 0.306 e. The van der Waals surface area contributed by atoms with E-state index in [1.807, 2.05) is 37.3 Å². The van der Waals surface area contributed by atoms with Crippen molar-refractivity contribution >= 4 is 46.3 Å². The Morgan fingerprint density at radius 2 is 1.95 bits per heavy atom. The van der Waals surface area contributed by atoms with Crippen molar-refractivity contribution in [3.63, 3.8) is 0 Å². The molecule has 0 aliphatic heterocycles. The molecule has 0 aliphatic carbocycles. The third-order valence-electron chi connectivity index (χ3n) is 2.98. The molecule has 0 saturated heterocycles. The number of amides is 1. The fourth-order valence-corrected chi connectivity index (χ4v) is 3.49. The van der Waals surface area contributed by atoms with Gasteiger partial charge in [0.2, 0.25) is 0 Å². The van der Waals surface area contributed by atoms with Gasteiger partial charge in [0.25, 0.3) is 5.91 Å². The molecule has 0 saturated carbocycles. The normalized spacial score (nSPS) is 10.7. The fraction of sp³-hybridized carbons (Fsp3) is 0.0667. The SMILES string of the molecule is Cc1cc(NC(=O)c2cc(Cl)sc2Cl)n(-c2ccccc2)n1. The molecule has 112 valence electrons. The van der Waals surface area contributed by atoms with Crippen molar-refractivity contribution in [1.29, 1.82) is 0 Å². The number of carbonyl (C=O) groups is 1. The van der Waals surface area contributed by atoms with E-state index in [2.05, 4.69) is 10.4 Å². The number of nitrogens with one attached hydrogen (secondary N) is 1. The van der Waals surface area contributed by atoms with E-state index in [4.69, 9.17) is 23.2 Å². The van der Waals surface area contributed by atoms with Crippen LogP contribution in [0.3, 0.4) is 0 Å². The maximum absolute atomic E-state index is 12.4. The van der Waals surface area contributed by atoms with Gasteiger partial charge >= 0.3 is 0 Å². The van der Waals surface area contributed by atoms with Crippen LogP contribution in [0.15, 0.2) is 42.5 Å². The van der Waals surface area contributed by atoms with Crippen molar-refractivity contribution in [3.8, 4) is 5.69 Å². The van der Waals surface area contributed by atoms with Gasteiger partial charge in [-0.2, -0.15) is 5.10 Å². The van der Waals surface area contributed by atoms with Gasteiger partial charge in [-0.05, 0) is 25.1 Å². The molecule has 3 aromatic rings. The standard InChI is InChI=1S/C15H11Cl2N3OS/c1-9-7-13(20(19-9)10-5-3-2-4-6-10)18-15(21)11-8-12(16)22-14(11)17/h2-8H,1H3,(H,18,21). The quantitative estimate of drug-likeness (QED) is 0.736. The maximum Gasteiger partial charge on any atom is 0.259 e. The van der Waals surface area contributed by atoms with E-state index in [1.54, 1.807) is 16.8 Å². The second-order valence-electron chi connectivity index (χ2n) is 4.61. The number of hydrogen-bond acceptors (Lipinski definition) is 3. The van der Waals surface area contributed by atoms with E-state index in [0.717, 1.165) is 22.7 Å². The molecule has 2 heterocycles. The average molecular weight is 352 g/mol. The van der Waals surface area contributed by atoms with Crippen molar-refractivity contribution in [2.75, 3.05) is 5.32 Å². The van der Waals surface area contributed by atoms with Crippen LogP contribution in [0.5, 0.6) is 0 Å². The second kappa shape index (κ2) is 6.12. The first-order valence-electron chi connectivity index (χ1n) is 6.43. The summed E-state index contributed by atoms with van der Waals surface area (Å²) in [6.07, 6.45) is 0. The highest BCUT2D eigenvalue weighted by molar-refractivity contribution is 7.20. The molecule has 0 bridgehead atoms. The maximum atomic E-state index is 12.4. The summed E-state index contributed by atoms with van der Waals surface area (Å²) in [6.45, 7) is 1.86. The summed E-state index contributed by atoms with van der Waals surface area (Å²) in [7, 11) is 0. The molecule has 0 radical (unpaired) electrons. The molecule has 1 N–H and O–H groups in total. The number of halogens is 2. The number of rotatable bonds is 3. The number of carbonyl (C=O) groups excluding carboxylic acids is 1. The van der Waals surface area contributed by atoms with Gasteiger partial charge in [0.05, 0.1) is 21.3 Å². The number of benzene rings is 1. The first kappa shape index (κ1) is 15.1. The molecule has 3 rings (SSSR count). The van der Waals surface area contributed by atoms with E-state index in [1.165, 1.54) is 0 Å². The van der Waals surface area contributed by atoms with Crippen molar-refractivity contribution in [3.05, 3.63) is 62.4 Å². The van der Waals surface area contributed by atoms with E-state index in [-0.39, 0.29) is 5.91 Å². The summed E-state index contributed by atoms with van der Waals surface area (Å²) in [5, 5.41) is 7.23. The number of para-hydroxylation sites is 1. The van der Waals surface area contributed by atoms with Crippen LogP contribution in [0.25, 0.3) is 5.69 Å². The van der Waals surface area contributed by atoms with Gasteiger partial charge in [-0.25, -0.2) is 4.68 Å². The van der Waals surface area contributed by atoms with Crippen LogP contribution in [0, 0.1) is 6.92 Å². The van der Waals surface area contributed by atoms with Gasteiger partial charge < -0.3 is 5.32 Å². The number of anilines is 1. The summed E-state index contributed by atoms with van der Waals surface area (Å²) in [5.41, 5.74) is 2.02. The molecular weight excluding hydrogens is 341 g/mol. The Morgan fingerprint density at radius 3 is 2.59 bits per heavy atom. The van der Waals surface area contributed by atoms with Crippen LogP contribution in [0.4, 0.5) is 5.82 Å². The molecule has 0 aliphatic rings. The second-order valence-corrected chi connectivity index (χ2v) is 6.90. The monoisotopic (exact) mass is 351 g/mol. The first-order chi connectivity index (χ1) is 10.5. The predicted octanol–water partition coefficient (Wildman–Crippen LogP) is 4.80. The van der Waals surface area contributed by atoms with Crippen LogP contribution >= 0.6 is 34.5 Å². The third kappa shape index (κ3) is 3.02. The highest BCUT2D eigenvalue weighted by Gasteiger charge is 2.17. The highest BCUT2D eigenvalue weighted by Crippen LogP contribution is 2.31. The number of thiophene rings is 1. The predicted molar refractivity (Wildman–Crippen MR) is 90.6 cm³/mol. The van der Waals surface area contributed by atoms with Crippen LogP contribution in [0.2, 0.25) is 8.67 Å². The Balaban J connectivity index is 1.93. The Labute approximate surface area is 141 Å². The molecule has 0 spiro atoms. The zero-order chi connectivity index (χ0) is 15.7. The molecule has 7 heteroatoms. The Kier molecular flexibility index (Phi) is 4.20. The Bertz CT molecular complexity index is 827. The van der Waals surface area contributed by atoms with Crippen LogP contribution in [0.1, 0.15) is 16.1 Å². The number of hydrogen-bond donors (Lipinski definition) is 1. The molecular formula is C15H11Cl2N3OS. The lowest BCUT2D eigenvalue weighted by molar-refractivity contribution is 0.102. The van der Waals surface area contributed by atoms with Gasteiger partial charge in [0.15, 0.2) is 0 Å². The van der Waals surface area contributed by atoms with Crippen molar-refractivity contribution < 1.29 is 4.79 Å². The van der Waals surface area contributed by atoms with E-state index in [0.29, 0.717) is 20.1 Å². The molecule has 2 aromatic heterocycles. The van der Waals surface area contributed by atoms with Crippen molar-refractivity contribution in [2.45, 2.75) is 6.92 Å². The summed E-state index contributed by atoms with van der Waals surface area (Å²) in [4.78, 5) is 12.4. The summed E-state index contributed by atoms with van der Waals surface area (Å²) in [5.74, 6) is 0.261. The van der Waals surface area contributed by atoms with Gasteiger partial charge in [-0.3, -0.25) is 4.79 Å². The lowest BCUT2D eigenvalue weighted by Gasteiger charge is -2.08. The van der Waals surface area contributed by atoms with Gasteiger partial charge in [0.1, 0.15) is 10.2 Å². The molecule has 0 fully saturated rings. The molecule has 22 heavy (non-hydrogen) atoms. The highest BCUT2D eigenvalue weighted by atomic mass is 35.5. The molecule has 1 aromatic carbocycles. The van der Waals surface area contributed by atoms with Gasteiger partial charge in [0, 0.05) is 6.07 Å². The average Bonchev–Trinajstić information content (AvgIpc) is 3.02. The minimum absolute atomic E-state index is 0.315. The van der Waals surface area contributed by atoms with Crippen LogP contribution in [-0.4, -0.2) is 15.7 Å². The lowest BCUT2D eigenvalue weighted by atomic mass is 10.3. The Hall–Kier alpha value is -1.82. The zero-order valence-corrected chi connectivity index (χ0v) is 13.8. The number of aryl methyl sites for hydroxylation is 1. The van der Waals surface area contributed by atoms with Gasteiger partial charge in [-0.15, -0.1) is 11.3 Å². The summed E-state index contributed by atoms with van der Waals surface area (Å²) in [6, 6.07) is 12.9. The minimum Gasteiger partial charge on any atom is -0.306 e. The van der Waals surface area contributed by atoms with E-state index < -0.39 is 0 Å². The number of nitrogens with zero attached hydrogens (tertiary/aromatic N) is 2. The van der Waals surface area contributed by atoms with E-state index in [9.17, 15) is 4.79 Å². The topological polar surface area (TPSA) is 46.9 Å². The molecule has 0 atom stereocenters. The molecule has 1 amide bonds. The zero-order valence-electron chi connectivity index (χ0n) is 11.5. The number of aromatic nitrogens is 2. The van der Waals surface area contributed by atoms with Crippen LogP contribution in [-0.2, 0) is 0 Å². The van der Waals surface area contributed by atoms with Crippen molar-refractivity contribution in [1.82, 2.24) is 9.78 Å². The van der Waals surface area contributed by atoms with Crippen molar-refractivity contribution in [2.24, 2.45) is 0 Å². The lowest BCUT2D eigenvalue weighted by Crippen LogP contribution is -2.14. The summed E-state index contributed by atoms with van der Waals surface area (Å²) < 4.78 is 2.52. The Morgan fingerprint density at radius 1 is 1.23 bits per heavy atom. The van der Waals surface area contributed by atoms with Gasteiger partial charge in [-0.1, -0.05) is 41.4 Å². The fourth-order valence-electron chi connectivity index (χ4n) is 2.03. The molecule has 0 unspecified atom stereocenters. The van der Waals surface area contributed by atoms with E-state index >= 15 is 0 Å². The molecule has 4 nitrogen and oxygen atoms in total. The third-order valence-corrected chi connectivity index (χ3v) is 4.46. The van der Waals surface area contributed by atoms with Crippen LogP contribution < -0.4 is 5.32 Å². The smallest absolute Gasteiger partial charge is 0.259 e. The summed E-state index contributed by atoms with van der Waals surface area (Å²) >= 11 is 13.1. The minimum atomic E-state index is -0.315. The first-order valence-corrected chi connectivity index (χ1v) is 8.00.